The fourth-order valence-electron chi connectivity index (χ4n) is 0.776. The van der Waals surface area contributed by atoms with Crippen molar-refractivity contribution in [3.05, 3.63) is 41.7 Å². The van der Waals surface area contributed by atoms with Crippen molar-refractivity contribution in [1.29, 1.82) is 0 Å². The molecule has 0 atom stereocenters. The number of halogens is 2. The fraction of sp³-hybridized carbons (Fsp3) is 0.111. The number of benzene rings is 1. The van der Waals surface area contributed by atoms with Crippen LogP contribution < -0.4 is 0 Å². The molecule has 0 radical (unpaired) electrons. The van der Waals surface area contributed by atoms with Gasteiger partial charge in [0.1, 0.15) is 6.33 Å². The summed E-state index contributed by atoms with van der Waals surface area (Å²) in [5.41, 5.74) is 1.30. The lowest BCUT2D eigenvalue weighted by Crippen LogP contribution is -1.77. The molecule has 0 aromatic heterocycles. The van der Waals surface area contributed by atoms with Crippen LogP contribution in [-0.4, -0.2) is 0 Å². The summed E-state index contributed by atoms with van der Waals surface area (Å²) in [5, 5.41) is 0. The van der Waals surface area contributed by atoms with Gasteiger partial charge in [-0.05, 0) is 6.92 Å². The van der Waals surface area contributed by atoms with Gasteiger partial charge in [0.05, 0.1) is 0 Å². The average Bonchev–Trinajstić information content (AvgIpc) is 2.05. The highest BCUT2D eigenvalue weighted by Crippen LogP contribution is 2.15. The smallest absolute Gasteiger partial charge is 0.158 e. The third-order valence-corrected chi connectivity index (χ3v) is 1.42. The van der Waals surface area contributed by atoms with E-state index in [9.17, 15) is 8.78 Å². The molecule has 0 saturated carbocycles. The summed E-state index contributed by atoms with van der Waals surface area (Å²) in [4.78, 5) is 0. The Morgan fingerprint density at radius 2 is 1.82 bits per heavy atom. The van der Waals surface area contributed by atoms with Gasteiger partial charge in [-0.2, -0.15) is 0 Å². The van der Waals surface area contributed by atoms with Crippen molar-refractivity contribution in [2.75, 3.05) is 0 Å². The maximum atomic E-state index is 12.5. The predicted octanol–water partition coefficient (Wildman–Crippen LogP) is 3.23. The van der Waals surface area contributed by atoms with E-state index in [0.717, 1.165) is 5.56 Å². The van der Waals surface area contributed by atoms with E-state index in [0.29, 0.717) is 0 Å². The third-order valence-electron chi connectivity index (χ3n) is 1.42. The minimum Gasteiger partial charge on any atom is -0.212 e. The molecule has 0 amide bonds. The lowest BCUT2D eigenvalue weighted by Gasteiger charge is -1.95. The van der Waals surface area contributed by atoms with Crippen molar-refractivity contribution in [3.63, 3.8) is 0 Å². The van der Waals surface area contributed by atoms with E-state index in [2.05, 4.69) is 0 Å². The number of hydrogen-bond acceptors (Lipinski definition) is 0. The molecule has 2 heteroatoms. The first-order chi connectivity index (χ1) is 5.24. The van der Waals surface area contributed by atoms with E-state index >= 15 is 0 Å². The van der Waals surface area contributed by atoms with E-state index in [4.69, 9.17) is 0 Å². The second-order valence-electron chi connectivity index (χ2n) is 2.32. The summed E-state index contributed by atoms with van der Waals surface area (Å²) < 4.78 is 24.1. The molecule has 1 aromatic carbocycles. The highest BCUT2D eigenvalue weighted by molar-refractivity contribution is 5.57. The van der Waals surface area contributed by atoms with Gasteiger partial charge in [-0.1, -0.05) is 29.8 Å². The molecule has 1 aromatic rings. The molecule has 0 aliphatic carbocycles. The Kier molecular flexibility index (Phi) is 2.36. The second-order valence-corrected chi connectivity index (χ2v) is 2.32. The molecule has 58 valence electrons. The van der Waals surface area contributed by atoms with Crippen molar-refractivity contribution in [2.24, 2.45) is 0 Å². The molecule has 0 spiro atoms. The van der Waals surface area contributed by atoms with Crippen LogP contribution in [0.25, 0.3) is 5.83 Å². The lowest BCUT2D eigenvalue weighted by atomic mass is 10.1. The minimum absolute atomic E-state index is 0.0370. The maximum absolute atomic E-state index is 12.5. The van der Waals surface area contributed by atoms with Crippen LogP contribution in [0, 0.1) is 6.92 Å². The van der Waals surface area contributed by atoms with Crippen LogP contribution in [-0.2, 0) is 0 Å². The molecular weight excluding hydrogens is 146 g/mol. The first kappa shape index (κ1) is 7.92. The van der Waals surface area contributed by atoms with Gasteiger partial charge in [-0.15, -0.1) is 0 Å². The highest BCUT2D eigenvalue weighted by atomic mass is 19.2. The van der Waals surface area contributed by atoms with E-state index in [1.165, 1.54) is 0 Å². The standard InChI is InChI=1S/C9H8F2/c1-7-2-4-8(5-3-7)9(11)6-10/h2-6H,1H3/b9-6-. The van der Waals surface area contributed by atoms with Crippen molar-refractivity contribution in [2.45, 2.75) is 6.92 Å². The van der Waals surface area contributed by atoms with Gasteiger partial charge in [0, 0.05) is 5.56 Å². The van der Waals surface area contributed by atoms with Crippen LogP contribution in [0.2, 0.25) is 0 Å². The quantitative estimate of drug-likeness (QED) is 0.582. The van der Waals surface area contributed by atoms with E-state index < -0.39 is 5.83 Å². The lowest BCUT2D eigenvalue weighted by molar-refractivity contribution is 0.671. The number of aryl methyl sites for hydroxylation is 1. The van der Waals surface area contributed by atoms with Gasteiger partial charge >= 0.3 is 0 Å². The Morgan fingerprint density at radius 3 is 2.27 bits per heavy atom. The van der Waals surface area contributed by atoms with Crippen LogP contribution in [0.3, 0.4) is 0 Å². The molecule has 11 heavy (non-hydrogen) atoms. The Labute approximate surface area is 64.2 Å². The van der Waals surface area contributed by atoms with Crippen molar-refractivity contribution < 1.29 is 8.78 Å². The van der Waals surface area contributed by atoms with Gasteiger partial charge < -0.3 is 0 Å². The summed E-state index contributed by atoms with van der Waals surface area (Å²) in [6.07, 6.45) is -0.0370. The summed E-state index contributed by atoms with van der Waals surface area (Å²) >= 11 is 0. The Bertz CT molecular complexity index is 259. The van der Waals surface area contributed by atoms with Crippen LogP contribution in [0.1, 0.15) is 11.1 Å². The average molecular weight is 154 g/mol. The molecule has 1 rings (SSSR count). The molecule has 0 heterocycles. The first-order valence-electron chi connectivity index (χ1n) is 3.27. The third kappa shape index (κ3) is 1.87. The van der Waals surface area contributed by atoms with Crippen molar-refractivity contribution in [3.8, 4) is 0 Å². The van der Waals surface area contributed by atoms with Gasteiger partial charge in [-0.25, -0.2) is 8.78 Å². The molecule has 0 N–H and O–H groups in total. The summed E-state index contributed by atoms with van der Waals surface area (Å²) in [7, 11) is 0. The predicted molar refractivity (Wildman–Crippen MR) is 41.4 cm³/mol. The van der Waals surface area contributed by atoms with Crippen LogP contribution in [0.5, 0.6) is 0 Å². The largest absolute Gasteiger partial charge is 0.212 e. The monoisotopic (exact) mass is 154 g/mol. The van der Waals surface area contributed by atoms with Crippen molar-refractivity contribution in [1.82, 2.24) is 0 Å². The normalized spacial score (nSPS) is 11.7. The highest BCUT2D eigenvalue weighted by Gasteiger charge is 1.97. The summed E-state index contributed by atoms with van der Waals surface area (Å²) in [5.74, 6) is -0.829. The van der Waals surface area contributed by atoms with Crippen molar-refractivity contribution >= 4 is 5.83 Å². The van der Waals surface area contributed by atoms with Gasteiger partial charge in [0.25, 0.3) is 0 Å². The molecule has 0 aliphatic heterocycles. The zero-order chi connectivity index (χ0) is 8.27. The van der Waals surface area contributed by atoms with Gasteiger partial charge in [-0.3, -0.25) is 0 Å². The van der Waals surface area contributed by atoms with Gasteiger partial charge in [0.15, 0.2) is 5.83 Å². The van der Waals surface area contributed by atoms with Crippen LogP contribution >= 0.6 is 0 Å². The van der Waals surface area contributed by atoms with E-state index in [-0.39, 0.29) is 11.9 Å². The molecule has 0 nitrogen and oxygen atoms in total. The second kappa shape index (κ2) is 3.28. The SMILES string of the molecule is Cc1ccc(/C(F)=C/F)cc1. The van der Waals surface area contributed by atoms with Gasteiger partial charge in [0.2, 0.25) is 0 Å². The Hall–Kier alpha value is -1.18. The summed E-state index contributed by atoms with van der Waals surface area (Å²) in [6, 6.07) is 6.55. The molecular formula is C9H8F2. The molecule has 0 bridgehead atoms. The number of hydrogen-bond donors (Lipinski definition) is 0. The van der Waals surface area contributed by atoms with E-state index in [1.54, 1.807) is 24.3 Å². The number of rotatable bonds is 1. The molecule has 0 saturated heterocycles. The van der Waals surface area contributed by atoms with Crippen LogP contribution in [0.4, 0.5) is 8.78 Å². The minimum atomic E-state index is -0.829. The molecule has 0 unspecified atom stereocenters. The first-order valence-corrected chi connectivity index (χ1v) is 3.27. The topological polar surface area (TPSA) is 0 Å². The molecule has 0 aliphatic rings. The zero-order valence-corrected chi connectivity index (χ0v) is 6.14. The maximum Gasteiger partial charge on any atom is 0.158 e. The van der Waals surface area contributed by atoms with E-state index in [1.807, 2.05) is 6.92 Å². The summed E-state index contributed by atoms with van der Waals surface area (Å²) in [6.45, 7) is 1.89. The zero-order valence-electron chi connectivity index (χ0n) is 6.14. The Balaban J connectivity index is 2.99. The van der Waals surface area contributed by atoms with Crippen LogP contribution in [0.15, 0.2) is 30.6 Å². The molecule has 0 fully saturated rings. The Morgan fingerprint density at radius 1 is 1.27 bits per heavy atom. The fourth-order valence-corrected chi connectivity index (χ4v) is 0.776.